The van der Waals surface area contributed by atoms with Crippen LogP contribution in [0.2, 0.25) is 0 Å². The first-order valence-electron chi connectivity index (χ1n) is 8.59. The molecule has 1 aromatic carbocycles. The van der Waals surface area contributed by atoms with Gasteiger partial charge in [-0.15, -0.1) is 0 Å². The first kappa shape index (κ1) is 17.0. The van der Waals surface area contributed by atoms with Gasteiger partial charge in [0.2, 0.25) is 5.91 Å². The molecular weight excluding hydrogens is 308 g/mol. The van der Waals surface area contributed by atoms with Gasteiger partial charge in [-0.3, -0.25) is 9.69 Å². The standard InChI is InChI=1S/C18H26N2O4/c1-22-13-7-8-16(23-2)14(11-13)19-18(21)12-20-9-10-24-17-6-4-3-5-15(17)20/h7-8,11,15,17H,3-6,9-10,12H2,1-2H3,(H,19,21)/t15-,17+/m0/s1. The van der Waals surface area contributed by atoms with Crippen molar-refractivity contribution in [2.75, 3.05) is 39.2 Å². The summed E-state index contributed by atoms with van der Waals surface area (Å²) in [6, 6.07) is 5.74. The fourth-order valence-electron chi connectivity index (χ4n) is 3.66. The van der Waals surface area contributed by atoms with Gasteiger partial charge in [0.15, 0.2) is 0 Å². The summed E-state index contributed by atoms with van der Waals surface area (Å²) in [5.74, 6) is 1.28. The van der Waals surface area contributed by atoms with Crippen molar-refractivity contribution in [2.45, 2.75) is 37.8 Å². The quantitative estimate of drug-likeness (QED) is 0.895. The third kappa shape index (κ3) is 3.82. The number of amides is 1. The van der Waals surface area contributed by atoms with Crippen LogP contribution in [0, 0.1) is 0 Å². The second-order valence-corrected chi connectivity index (χ2v) is 6.35. The van der Waals surface area contributed by atoms with Crippen LogP contribution in [-0.4, -0.2) is 56.9 Å². The molecule has 3 rings (SSSR count). The lowest BCUT2D eigenvalue weighted by molar-refractivity contribution is -0.124. The Morgan fingerprint density at radius 1 is 1.29 bits per heavy atom. The number of benzene rings is 1. The fraction of sp³-hybridized carbons (Fsp3) is 0.611. The number of morpholine rings is 1. The highest BCUT2D eigenvalue weighted by Crippen LogP contribution is 2.30. The van der Waals surface area contributed by atoms with E-state index in [1.165, 1.54) is 12.8 Å². The Kier molecular flexibility index (Phi) is 5.58. The molecule has 132 valence electrons. The minimum atomic E-state index is -0.0345. The topological polar surface area (TPSA) is 60.0 Å². The second kappa shape index (κ2) is 7.85. The number of nitrogens with one attached hydrogen (secondary N) is 1. The Balaban J connectivity index is 1.65. The number of carbonyl (C=O) groups excluding carboxylic acids is 1. The van der Waals surface area contributed by atoms with Crippen molar-refractivity contribution in [3.05, 3.63) is 18.2 Å². The van der Waals surface area contributed by atoms with Crippen molar-refractivity contribution in [1.82, 2.24) is 4.90 Å². The van der Waals surface area contributed by atoms with Gasteiger partial charge in [0.05, 0.1) is 39.2 Å². The maximum absolute atomic E-state index is 12.5. The molecule has 1 amide bonds. The van der Waals surface area contributed by atoms with Gasteiger partial charge in [0.25, 0.3) is 0 Å². The minimum absolute atomic E-state index is 0.0345. The molecular formula is C18H26N2O4. The molecule has 2 aliphatic rings. The summed E-state index contributed by atoms with van der Waals surface area (Å²) in [4.78, 5) is 14.8. The lowest BCUT2D eigenvalue weighted by atomic mass is 9.90. The lowest BCUT2D eigenvalue weighted by Gasteiger charge is -2.43. The predicted octanol–water partition coefficient (Wildman–Crippen LogP) is 2.29. The number of ether oxygens (including phenoxy) is 3. The molecule has 1 heterocycles. The fourth-order valence-corrected chi connectivity index (χ4v) is 3.66. The molecule has 1 aromatic rings. The number of nitrogens with zero attached hydrogens (tertiary/aromatic N) is 1. The highest BCUT2D eigenvalue weighted by Gasteiger charge is 2.34. The van der Waals surface area contributed by atoms with E-state index in [1.807, 2.05) is 6.07 Å². The number of carbonyl (C=O) groups is 1. The van der Waals surface area contributed by atoms with Gasteiger partial charge in [0.1, 0.15) is 11.5 Å². The van der Waals surface area contributed by atoms with Crippen LogP contribution in [0.5, 0.6) is 11.5 Å². The van der Waals surface area contributed by atoms with E-state index in [9.17, 15) is 4.79 Å². The maximum Gasteiger partial charge on any atom is 0.238 e. The number of fused-ring (bicyclic) bond motifs is 1. The van der Waals surface area contributed by atoms with Crippen LogP contribution in [0.15, 0.2) is 18.2 Å². The van der Waals surface area contributed by atoms with Gasteiger partial charge in [-0.25, -0.2) is 0 Å². The monoisotopic (exact) mass is 334 g/mol. The Hall–Kier alpha value is -1.79. The third-order valence-electron chi connectivity index (χ3n) is 4.87. The van der Waals surface area contributed by atoms with Crippen molar-refractivity contribution in [3.63, 3.8) is 0 Å². The zero-order valence-electron chi connectivity index (χ0n) is 14.4. The van der Waals surface area contributed by atoms with Crippen molar-refractivity contribution < 1.29 is 19.0 Å². The highest BCUT2D eigenvalue weighted by atomic mass is 16.5. The summed E-state index contributed by atoms with van der Waals surface area (Å²) in [7, 11) is 3.19. The predicted molar refractivity (Wildman–Crippen MR) is 91.7 cm³/mol. The van der Waals surface area contributed by atoms with Crippen molar-refractivity contribution in [1.29, 1.82) is 0 Å². The van der Waals surface area contributed by atoms with Crippen LogP contribution in [0.25, 0.3) is 0 Å². The lowest BCUT2D eigenvalue weighted by Crippen LogP contribution is -2.54. The molecule has 2 fully saturated rings. The Morgan fingerprint density at radius 3 is 2.92 bits per heavy atom. The Labute approximate surface area is 143 Å². The van der Waals surface area contributed by atoms with Gasteiger partial charge < -0.3 is 19.5 Å². The van der Waals surface area contributed by atoms with Crippen molar-refractivity contribution >= 4 is 11.6 Å². The zero-order valence-corrected chi connectivity index (χ0v) is 14.4. The molecule has 0 unspecified atom stereocenters. The zero-order chi connectivity index (χ0) is 16.9. The van der Waals surface area contributed by atoms with Gasteiger partial charge >= 0.3 is 0 Å². The first-order chi connectivity index (χ1) is 11.7. The number of rotatable bonds is 5. The third-order valence-corrected chi connectivity index (χ3v) is 4.87. The van der Waals surface area contributed by atoms with Gasteiger partial charge in [0, 0.05) is 18.7 Å². The van der Waals surface area contributed by atoms with E-state index in [4.69, 9.17) is 14.2 Å². The van der Waals surface area contributed by atoms with Gasteiger partial charge in [-0.2, -0.15) is 0 Å². The summed E-state index contributed by atoms with van der Waals surface area (Å²) in [6.07, 6.45) is 4.94. The molecule has 24 heavy (non-hydrogen) atoms. The molecule has 0 bridgehead atoms. The average molecular weight is 334 g/mol. The van der Waals surface area contributed by atoms with E-state index in [0.29, 0.717) is 36.4 Å². The van der Waals surface area contributed by atoms with Crippen LogP contribution in [0.4, 0.5) is 5.69 Å². The second-order valence-electron chi connectivity index (χ2n) is 6.35. The highest BCUT2D eigenvalue weighted by molar-refractivity contribution is 5.94. The van der Waals surface area contributed by atoms with Gasteiger partial charge in [-0.1, -0.05) is 12.8 Å². The molecule has 1 saturated heterocycles. The summed E-state index contributed by atoms with van der Waals surface area (Å²) >= 11 is 0. The van der Waals surface area contributed by atoms with E-state index < -0.39 is 0 Å². The van der Waals surface area contributed by atoms with Crippen molar-refractivity contribution in [3.8, 4) is 11.5 Å². The molecule has 0 spiro atoms. The summed E-state index contributed by atoms with van der Waals surface area (Å²) in [5, 5.41) is 2.95. The smallest absolute Gasteiger partial charge is 0.238 e. The van der Waals surface area contributed by atoms with Crippen LogP contribution in [-0.2, 0) is 9.53 Å². The SMILES string of the molecule is COc1ccc(OC)c(NC(=O)CN2CCO[C@@H]3CCCC[C@@H]32)c1. The normalized spacial score (nSPS) is 24.1. The summed E-state index contributed by atoms with van der Waals surface area (Å²) < 4.78 is 16.4. The molecule has 2 atom stereocenters. The minimum Gasteiger partial charge on any atom is -0.497 e. The maximum atomic E-state index is 12.5. The van der Waals surface area contributed by atoms with Crippen LogP contribution < -0.4 is 14.8 Å². The number of hydrogen-bond donors (Lipinski definition) is 1. The van der Waals surface area contributed by atoms with Crippen molar-refractivity contribution in [2.24, 2.45) is 0 Å². The number of methoxy groups -OCH3 is 2. The molecule has 0 aromatic heterocycles. The molecule has 6 heteroatoms. The summed E-state index contributed by atoms with van der Waals surface area (Å²) in [6.45, 7) is 1.89. The largest absolute Gasteiger partial charge is 0.497 e. The molecule has 1 saturated carbocycles. The van der Waals surface area contributed by atoms with Crippen LogP contribution in [0.3, 0.4) is 0 Å². The molecule has 6 nitrogen and oxygen atoms in total. The van der Waals surface area contributed by atoms with Crippen LogP contribution in [0.1, 0.15) is 25.7 Å². The molecule has 0 radical (unpaired) electrons. The van der Waals surface area contributed by atoms with E-state index >= 15 is 0 Å². The average Bonchev–Trinajstić information content (AvgIpc) is 2.62. The molecule has 1 aliphatic carbocycles. The van der Waals surface area contributed by atoms with E-state index in [0.717, 1.165) is 19.4 Å². The Bertz CT molecular complexity index is 576. The van der Waals surface area contributed by atoms with Gasteiger partial charge in [-0.05, 0) is 25.0 Å². The van der Waals surface area contributed by atoms with E-state index in [2.05, 4.69) is 10.2 Å². The number of hydrogen-bond acceptors (Lipinski definition) is 5. The summed E-state index contributed by atoms with van der Waals surface area (Å²) in [5.41, 5.74) is 0.635. The number of anilines is 1. The van der Waals surface area contributed by atoms with E-state index in [-0.39, 0.29) is 12.0 Å². The molecule has 1 aliphatic heterocycles. The Morgan fingerprint density at radius 2 is 2.12 bits per heavy atom. The first-order valence-corrected chi connectivity index (χ1v) is 8.59. The van der Waals surface area contributed by atoms with E-state index in [1.54, 1.807) is 26.4 Å². The van der Waals surface area contributed by atoms with Crippen LogP contribution >= 0.6 is 0 Å². The molecule has 1 N–H and O–H groups in total.